The van der Waals surface area contributed by atoms with Crippen LogP contribution in [0, 0.1) is 0 Å². The van der Waals surface area contributed by atoms with Crippen molar-refractivity contribution in [2.24, 2.45) is 0 Å². The third kappa shape index (κ3) is 4.73. The van der Waals surface area contributed by atoms with Gasteiger partial charge in [-0.05, 0) is 24.3 Å². The van der Waals surface area contributed by atoms with E-state index in [-0.39, 0.29) is 18.1 Å². The van der Waals surface area contributed by atoms with E-state index in [0.717, 1.165) is 11.4 Å². The standard InChI is InChI=1S/C16H18N2O5S/c19-15(20)9-24-10-16-22-8-14(23-16)7-21-13-3-1-12(2-4-13)18-6-5-17-11-18/h1-6,11,14,16H,7-10H2,(H,19,20). The van der Waals surface area contributed by atoms with E-state index in [1.807, 2.05) is 35.0 Å². The highest BCUT2D eigenvalue weighted by Crippen LogP contribution is 2.19. The predicted octanol–water partition coefficient (Wildman–Crippen LogP) is 1.81. The van der Waals surface area contributed by atoms with Crippen molar-refractivity contribution >= 4 is 17.7 Å². The van der Waals surface area contributed by atoms with Crippen LogP contribution in [0.4, 0.5) is 0 Å². The van der Waals surface area contributed by atoms with Gasteiger partial charge in [0.2, 0.25) is 0 Å². The van der Waals surface area contributed by atoms with Gasteiger partial charge in [0.25, 0.3) is 0 Å². The Bertz CT molecular complexity index is 647. The van der Waals surface area contributed by atoms with E-state index in [4.69, 9.17) is 19.3 Å². The molecule has 24 heavy (non-hydrogen) atoms. The largest absolute Gasteiger partial charge is 0.491 e. The van der Waals surface area contributed by atoms with Gasteiger partial charge in [0.15, 0.2) is 6.29 Å². The van der Waals surface area contributed by atoms with Gasteiger partial charge in [-0.25, -0.2) is 4.98 Å². The lowest BCUT2D eigenvalue weighted by molar-refractivity contribution is -0.133. The fourth-order valence-electron chi connectivity index (χ4n) is 2.24. The molecule has 0 amide bonds. The van der Waals surface area contributed by atoms with Crippen molar-refractivity contribution < 1.29 is 24.1 Å². The summed E-state index contributed by atoms with van der Waals surface area (Å²) < 4.78 is 18.8. The Morgan fingerprint density at radius 3 is 2.96 bits per heavy atom. The predicted molar refractivity (Wildman–Crippen MR) is 88.6 cm³/mol. The maximum atomic E-state index is 10.5. The monoisotopic (exact) mass is 350 g/mol. The first kappa shape index (κ1) is 16.8. The molecule has 1 aromatic heterocycles. The van der Waals surface area contributed by atoms with Crippen LogP contribution in [0.15, 0.2) is 43.0 Å². The lowest BCUT2D eigenvalue weighted by Crippen LogP contribution is -2.21. The van der Waals surface area contributed by atoms with Gasteiger partial charge in [0.1, 0.15) is 18.5 Å². The van der Waals surface area contributed by atoms with Crippen LogP contribution < -0.4 is 4.74 Å². The molecule has 7 nitrogen and oxygen atoms in total. The maximum absolute atomic E-state index is 10.5. The Kier molecular flexibility index (Phi) is 5.73. The summed E-state index contributed by atoms with van der Waals surface area (Å²) in [5.74, 6) is 0.471. The summed E-state index contributed by atoms with van der Waals surface area (Å²) in [5.41, 5.74) is 1.01. The molecule has 2 atom stereocenters. The first-order chi connectivity index (χ1) is 11.7. The number of aliphatic carboxylic acids is 1. The molecule has 2 unspecified atom stereocenters. The average Bonchev–Trinajstić information content (AvgIpc) is 3.25. The number of nitrogens with zero attached hydrogens (tertiary/aromatic N) is 2. The van der Waals surface area contributed by atoms with Crippen LogP contribution in [0.3, 0.4) is 0 Å². The van der Waals surface area contributed by atoms with Gasteiger partial charge in [-0.3, -0.25) is 4.79 Å². The summed E-state index contributed by atoms with van der Waals surface area (Å²) in [6.07, 6.45) is 4.83. The van der Waals surface area contributed by atoms with E-state index >= 15 is 0 Å². The molecule has 2 heterocycles. The fourth-order valence-corrected chi connectivity index (χ4v) is 2.90. The lowest BCUT2D eigenvalue weighted by atomic mass is 10.3. The SMILES string of the molecule is O=C(O)CSCC1OCC(COc2ccc(-n3ccnc3)cc2)O1. The van der Waals surface area contributed by atoms with Crippen molar-refractivity contribution in [3.63, 3.8) is 0 Å². The smallest absolute Gasteiger partial charge is 0.313 e. The first-order valence-corrected chi connectivity index (χ1v) is 8.64. The second-order valence-electron chi connectivity index (χ2n) is 5.20. The second kappa shape index (κ2) is 8.18. The van der Waals surface area contributed by atoms with Crippen molar-refractivity contribution in [2.45, 2.75) is 12.4 Å². The van der Waals surface area contributed by atoms with Crippen molar-refractivity contribution in [3.8, 4) is 11.4 Å². The van der Waals surface area contributed by atoms with Crippen molar-refractivity contribution in [1.29, 1.82) is 0 Å². The highest BCUT2D eigenvalue weighted by Gasteiger charge is 2.26. The third-order valence-corrected chi connectivity index (χ3v) is 4.33. The zero-order valence-electron chi connectivity index (χ0n) is 12.9. The molecular weight excluding hydrogens is 332 g/mol. The molecule has 0 saturated carbocycles. The van der Waals surface area contributed by atoms with Gasteiger partial charge in [0.05, 0.1) is 18.7 Å². The molecule has 0 radical (unpaired) electrons. The second-order valence-corrected chi connectivity index (χ2v) is 6.23. The molecule has 1 aliphatic rings. The van der Waals surface area contributed by atoms with Gasteiger partial charge < -0.3 is 23.9 Å². The Labute approximate surface area is 143 Å². The topological polar surface area (TPSA) is 82.8 Å². The van der Waals surface area contributed by atoms with E-state index in [1.54, 1.807) is 12.5 Å². The molecule has 1 aromatic carbocycles. The summed E-state index contributed by atoms with van der Waals surface area (Å²) in [6, 6.07) is 7.69. The minimum atomic E-state index is -0.836. The minimum absolute atomic E-state index is 0.0493. The molecule has 2 aromatic rings. The van der Waals surface area contributed by atoms with Crippen LogP contribution in [0.5, 0.6) is 5.75 Å². The van der Waals surface area contributed by atoms with Gasteiger partial charge in [-0.2, -0.15) is 0 Å². The Morgan fingerprint density at radius 1 is 1.42 bits per heavy atom. The number of carboxylic acids is 1. The van der Waals surface area contributed by atoms with Crippen LogP contribution in [0.1, 0.15) is 0 Å². The third-order valence-electron chi connectivity index (χ3n) is 3.37. The van der Waals surface area contributed by atoms with Gasteiger partial charge in [0, 0.05) is 23.8 Å². The normalized spacial score (nSPS) is 20.2. The van der Waals surface area contributed by atoms with Crippen LogP contribution in [0.25, 0.3) is 5.69 Å². The average molecular weight is 350 g/mol. The first-order valence-electron chi connectivity index (χ1n) is 7.48. The zero-order valence-corrected chi connectivity index (χ0v) is 13.7. The van der Waals surface area contributed by atoms with Crippen molar-refractivity contribution in [1.82, 2.24) is 9.55 Å². The number of carbonyl (C=O) groups is 1. The Morgan fingerprint density at radius 2 is 2.25 bits per heavy atom. The number of thioether (sulfide) groups is 1. The van der Waals surface area contributed by atoms with Gasteiger partial charge in [-0.1, -0.05) is 0 Å². The highest BCUT2D eigenvalue weighted by atomic mass is 32.2. The summed E-state index contributed by atoms with van der Waals surface area (Å²) in [7, 11) is 0. The van der Waals surface area contributed by atoms with Gasteiger partial charge >= 0.3 is 5.97 Å². The molecule has 0 bridgehead atoms. The van der Waals surface area contributed by atoms with Crippen LogP contribution >= 0.6 is 11.8 Å². The number of ether oxygens (including phenoxy) is 3. The molecule has 1 N–H and O–H groups in total. The van der Waals surface area contributed by atoms with Crippen molar-refractivity contribution in [2.75, 3.05) is 24.7 Å². The molecule has 1 aliphatic heterocycles. The zero-order chi connectivity index (χ0) is 16.8. The van der Waals surface area contributed by atoms with Gasteiger partial charge in [-0.15, -0.1) is 11.8 Å². The number of benzene rings is 1. The molecule has 0 aliphatic carbocycles. The molecule has 8 heteroatoms. The summed E-state index contributed by atoms with van der Waals surface area (Å²) >= 11 is 1.28. The van der Waals surface area contributed by atoms with E-state index in [0.29, 0.717) is 19.0 Å². The van der Waals surface area contributed by atoms with Crippen molar-refractivity contribution in [3.05, 3.63) is 43.0 Å². The fraction of sp³-hybridized carbons (Fsp3) is 0.375. The van der Waals surface area contributed by atoms with Crippen LogP contribution in [0.2, 0.25) is 0 Å². The number of aromatic nitrogens is 2. The quantitative estimate of drug-likeness (QED) is 0.777. The molecule has 3 rings (SSSR count). The summed E-state index contributed by atoms with van der Waals surface area (Å²) in [6.45, 7) is 0.843. The number of hydrogen-bond acceptors (Lipinski definition) is 6. The summed E-state index contributed by atoms with van der Waals surface area (Å²) in [5, 5.41) is 8.60. The molecule has 128 valence electrons. The maximum Gasteiger partial charge on any atom is 0.313 e. The highest BCUT2D eigenvalue weighted by molar-refractivity contribution is 7.99. The molecule has 0 spiro atoms. The molecule has 1 saturated heterocycles. The number of rotatable bonds is 8. The van der Waals surface area contributed by atoms with E-state index in [1.165, 1.54) is 11.8 Å². The minimum Gasteiger partial charge on any atom is -0.491 e. The lowest BCUT2D eigenvalue weighted by Gasteiger charge is -2.12. The van der Waals surface area contributed by atoms with Crippen LogP contribution in [-0.4, -0.2) is 57.7 Å². The summed E-state index contributed by atoms with van der Waals surface area (Å²) in [4.78, 5) is 14.5. The Hall–Kier alpha value is -2.03. The number of hydrogen-bond donors (Lipinski definition) is 1. The molecular formula is C16H18N2O5S. The Balaban J connectivity index is 1.41. The van der Waals surface area contributed by atoms with E-state index < -0.39 is 5.97 Å². The van der Waals surface area contributed by atoms with E-state index in [2.05, 4.69) is 4.98 Å². The van der Waals surface area contributed by atoms with Crippen LogP contribution in [-0.2, 0) is 14.3 Å². The van der Waals surface area contributed by atoms with E-state index in [9.17, 15) is 4.79 Å². The molecule has 1 fully saturated rings. The number of imidazole rings is 1. The number of carboxylic acid groups (broad SMARTS) is 1.